The Balaban J connectivity index is 1.61. The van der Waals surface area contributed by atoms with Crippen LogP contribution < -0.4 is 4.74 Å². The summed E-state index contributed by atoms with van der Waals surface area (Å²) in [6, 6.07) is 17.2. The van der Waals surface area contributed by atoms with Crippen molar-refractivity contribution in [2.24, 2.45) is 0 Å². The lowest BCUT2D eigenvalue weighted by Gasteiger charge is -2.13. The van der Waals surface area contributed by atoms with Gasteiger partial charge >= 0.3 is 0 Å². The quantitative estimate of drug-likeness (QED) is 0.781. The molecule has 2 aromatic carbocycles. The molecule has 106 valence electrons. The van der Waals surface area contributed by atoms with Gasteiger partial charge in [0.2, 0.25) is 0 Å². The predicted octanol–water partition coefficient (Wildman–Crippen LogP) is 2.98. The lowest BCUT2D eigenvalue weighted by Crippen LogP contribution is -2.09. The van der Waals surface area contributed by atoms with Crippen LogP contribution in [0.3, 0.4) is 0 Å². The lowest BCUT2D eigenvalue weighted by molar-refractivity contribution is 0.108. The Morgan fingerprint density at radius 2 is 1.81 bits per heavy atom. The average molecular weight is 280 g/mol. The molecule has 0 amide bonds. The van der Waals surface area contributed by atoms with Crippen LogP contribution >= 0.6 is 0 Å². The number of rotatable bonds is 5. The number of aliphatic hydroxyl groups is 1. The first-order valence-corrected chi connectivity index (χ1v) is 6.77. The monoisotopic (exact) mass is 280 g/mol. The zero-order valence-corrected chi connectivity index (χ0v) is 11.5. The van der Waals surface area contributed by atoms with E-state index in [0.29, 0.717) is 0 Å². The van der Waals surface area contributed by atoms with E-state index in [4.69, 9.17) is 4.74 Å². The number of aromatic nitrogens is 2. The van der Waals surface area contributed by atoms with Crippen LogP contribution in [-0.2, 0) is 0 Å². The molecule has 4 nitrogen and oxygen atoms in total. The fourth-order valence-corrected chi connectivity index (χ4v) is 2.07. The normalized spacial score (nSPS) is 12.0. The first-order valence-electron chi connectivity index (χ1n) is 6.77. The molecule has 1 heterocycles. The van der Waals surface area contributed by atoms with Gasteiger partial charge in [-0.05, 0) is 29.8 Å². The number of hydrogen-bond acceptors (Lipinski definition) is 3. The number of benzene rings is 2. The van der Waals surface area contributed by atoms with E-state index in [2.05, 4.69) is 4.98 Å². The van der Waals surface area contributed by atoms with Crippen LogP contribution in [0.15, 0.2) is 73.3 Å². The number of nitrogens with zero attached hydrogens (tertiary/aromatic N) is 2. The van der Waals surface area contributed by atoms with Gasteiger partial charge in [-0.2, -0.15) is 0 Å². The molecule has 0 spiro atoms. The summed E-state index contributed by atoms with van der Waals surface area (Å²) < 4.78 is 7.54. The lowest BCUT2D eigenvalue weighted by atomic mass is 10.1. The zero-order valence-electron chi connectivity index (χ0n) is 11.5. The zero-order chi connectivity index (χ0) is 14.5. The van der Waals surface area contributed by atoms with Crippen LogP contribution in [0.4, 0.5) is 0 Å². The minimum atomic E-state index is -0.625. The summed E-state index contributed by atoms with van der Waals surface area (Å²) >= 11 is 0. The molecule has 0 bridgehead atoms. The Hall–Kier alpha value is -2.59. The Morgan fingerprint density at radius 3 is 2.48 bits per heavy atom. The van der Waals surface area contributed by atoms with Gasteiger partial charge in [-0.3, -0.25) is 0 Å². The van der Waals surface area contributed by atoms with Crippen molar-refractivity contribution in [2.75, 3.05) is 6.61 Å². The molecule has 4 heteroatoms. The summed E-state index contributed by atoms with van der Waals surface area (Å²) in [6.45, 7) is 0.231. The highest BCUT2D eigenvalue weighted by atomic mass is 16.5. The Kier molecular flexibility index (Phi) is 3.98. The summed E-state index contributed by atoms with van der Waals surface area (Å²) in [6.07, 6.45) is 4.74. The third kappa shape index (κ3) is 3.30. The van der Waals surface area contributed by atoms with Gasteiger partial charge in [-0.25, -0.2) is 4.98 Å². The Morgan fingerprint density at radius 1 is 1.05 bits per heavy atom. The molecule has 1 aromatic heterocycles. The highest BCUT2D eigenvalue weighted by molar-refractivity contribution is 5.37. The first-order chi connectivity index (χ1) is 10.3. The van der Waals surface area contributed by atoms with Gasteiger partial charge in [0.15, 0.2) is 0 Å². The molecule has 0 fully saturated rings. The molecule has 1 atom stereocenters. The second kappa shape index (κ2) is 6.24. The molecular weight excluding hydrogens is 264 g/mol. The average Bonchev–Trinajstić information content (AvgIpc) is 3.08. The standard InChI is InChI=1S/C17H16N2O2/c20-17(14-4-2-1-3-5-14)12-21-16-8-6-15(7-9-16)19-11-10-18-13-19/h1-11,13,17,20H,12H2. The van der Waals surface area contributed by atoms with E-state index in [0.717, 1.165) is 17.0 Å². The number of imidazole rings is 1. The van der Waals surface area contributed by atoms with E-state index in [1.54, 1.807) is 12.5 Å². The smallest absolute Gasteiger partial charge is 0.119 e. The van der Waals surface area contributed by atoms with E-state index in [9.17, 15) is 5.11 Å². The van der Waals surface area contributed by atoms with Crippen molar-refractivity contribution >= 4 is 0 Å². The maximum absolute atomic E-state index is 10.0. The van der Waals surface area contributed by atoms with Crippen LogP contribution in [0, 0.1) is 0 Å². The van der Waals surface area contributed by atoms with Crippen LogP contribution in [0.25, 0.3) is 5.69 Å². The maximum atomic E-state index is 10.0. The van der Waals surface area contributed by atoms with E-state index in [1.165, 1.54) is 0 Å². The van der Waals surface area contributed by atoms with Gasteiger partial charge < -0.3 is 14.4 Å². The van der Waals surface area contributed by atoms with Gasteiger partial charge in [0.25, 0.3) is 0 Å². The van der Waals surface area contributed by atoms with E-state index in [1.807, 2.05) is 65.4 Å². The maximum Gasteiger partial charge on any atom is 0.119 e. The summed E-state index contributed by atoms with van der Waals surface area (Å²) in [5.74, 6) is 0.730. The second-order valence-electron chi connectivity index (χ2n) is 4.70. The van der Waals surface area contributed by atoms with E-state index in [-0.39, 0.29) is 6.61 Å². The van der Waals surface area contributed by atoms with Crippen molar-refractivity contribution in [1.29, 1.82) is 0 Å². The molecule has 0 aliphatic heterocycles. The topological polar surface area (TPSA) is 47.3 Å². The molecule has 1 unspecified atom stereocenters. The highest BCUT2D eigenvalue weighted by Crippen LogP contribution is 2.18. The molecule has 1 N–H and O–H groups in total. The molecule has 3 aromatic rings. The molecule has 0 aliphatic rings. The molecule has 21 heavy (non-hydrogen) atoms. The van der Waals surface area contributed by atoms with Crippen molar-refractivity contribution in [1.82, 2.24) is 9.55 Å². The van der Waals surface area contributed by atoms with Crippen LogP contribution in [0.5, 0.6) is 5.75 Å². The highest BCUT2D eigenvalue weighted by Gasteiger charge is 2.07. The fraction of sp³-hybridized carbons (Fsp3) is 0.118. The van der Waals surface area contributed by atoms with Crippen LogP contribution in [-0.4, -0.2) is 21.3 Å². The Bertz CT molecular complexity index is 664. The minimum absolute atomic E-state index is 0.231. The van der Waals surface area contributed by atoms with E-state index >= 15 is 0 Å². The van der Waals surface area contributed by atoms with Crippen LogP contribution in [0.2, 0.25) is 0 Å². The van der Waals surface area contributed by atoms with Crippen molar-refractivity contribution in [3.63, 3.8) is 0 Å². The Labute approximate surface area is 123 Å². The third-order valence-corrected chi connectivity index (χ3v) is 3.23. The number of ether oxygens (including phenoxy) is 1. The first kappa shape index (κ1) is 13.4. The largest absolute Gasteiger partial charge is 0.491 e. The van der Waals surface area contributed by atoms with Crippen molar-refractivity contribution < 1.29 is 9.84 Å². The van der Waals surface area contributed by atoms with Crippen LogP contribution in [0.1, 0.15) is 11.7 Å². The van der Waals surface area contributed by atoms with Crippen molar-refractivity contribution in [3.05, 3.63) is 78.9 Å². The minimum Gasteiger partial charge on any atom is -0.491 e. The molecule has 0 saturated carbocycles. The molecule has 0 aliphatic carbocycles. The van der Waals surface area contributed by atoms with Gasteiger partial charge in [0, 0.05) is 18.1 Å². The van der Waals surface area contributed by atoms with E-state index < -0.39 is 6.10 Å². The summed E-state index contributed by atoms with van der Waals surface area (Å²) in [5, 5.41) is 10.0. The summed E-state index contributed by atoms with van der Waals surface area (Å²) in [4.78, 5) is 4.01. The van der Waals surface area contributed by atoms with Crippen molar-refractivity contribution in [2.45, 2.75) is 6.10 Å². The summed E-state index contributed by atoms with van der Waals surface area (Å²) in [5.41, 5.74) is 1.87. The SMILES string of the molecule is OC(COc1ccc(-n2ccnc2)cc1)c1ccccc1. The van der Waals surface area contributed by atoms with Gasteiger partial charge in [-0.15, -0.1) is 0 Å². The number of aliphatic hydroxyl groups excluding tert-OH is 1. The van der Waals surface area contributed by atoms with Gasteiger partial charge in [-0.1, -0.05) is 30.3 Å². The summed E-state index contributed by atoms with van der Waals surface area (Å²) in [7, 11) is 0. The molecular formula is C17H16N2O2. The predicted molar refractivity (Wildman–Crippen MR) is 80.5 cm³/mol. The third-order valence-electron chi connectivity index (χ3n) is 3.23. The number of hydrogen-bond donors (Lipinski definition) is 1. The van der Waals surface area contributed by atoms with Crippen molar-refractivity contribution in [3.8, 4) is 11.4 Å². The fourth-order valence-electron chi connectivity index (χ4n) is 2.07. The molecule has 0 saturated heterocycles. The molecule has 0 radical (unpaired) electrons. The van der Waals surface area contributed by atoms with Gasteiger partial charge in [0.1, 0.15) is 18.5 Å². The second-order valence-corrected chi connectivity index (χ2v) is 4.70. The molecule has 3 rings (SSSR count). The van der Waals surface area contributed by atoms with Gasteiger partial charge in [0.05, 0.1) is 6.33 Å².